The smallest absolute Gasteiger partial charge is 0.327 e. The number of nitrogens with zero attached hydrogens (tertiary/aromatic N) is 1. The summed E-state index contributed by atoms with van der Waals surface area (Å²) in [5.74, 6) is 0. The van der Waals surface area contributed by atoms with Crippen molar-refractivity contribution in [3.05, 3.63) is 33.1 Å². The lowest BCUT2D eigenvalue weighted by molar-refractivity contribution is -0.0430. The molecule has 3 atom stereocenters. The average Bonchev–Trinajstić information content (AvgIpc) is 2.92. The van der Waals surface area contributed by atoms with Crippen molar-refractivity contribution in [1.29, 1.82) is 0 Å². The van der Waals surface area contributed by atoms with Crippen molar-refractivity contribution in [2.24, 2.45) is 0 Å². The van der Waals surface area contributed by atoms with Crippen LogP contribution in [0.5, 0.6) is 0 Å². The quantitative estimate of drug-likeness (QED) is 0.536. The zero-order chi connectivity index (χ0) is 13.6. The molecule has 0 bridgehead atoms. The van der Waals surface area contributed by atoms with Crippen LogP contribution >= 0.6 is 0 Å². The van der Waals surface area contributed by atoms with Crippen LogP contribution in [0.4, 0.5) is 0 Å². The predicted octanol–water partition coefficient (Wildman–Crippen LogP) is -1.34. The van der Waals surface area contributed by atoms with Gasteiger partial charge in [0.15, 0.2) is 0 Å². The van der Waals surface area contributed by atoms with Crippen LogP contribution in [0, 0.1) is 0 Å². The summed E-state index contributed by atoms with van der Waals surface area (Å²) in [6.07, 6.45) is -0.0731. The maximum atomic E-state index is 11.6. The fraction of sp³-hybridized carbons (Fsp3) is 0.455. The zero-order valence-electron chi connectivity index (χ0n) is 9.87. The third kappa shape index (κ3) is 1.89. The molecule has 0 radical (unpaired) electrons. The van der Waals surface area contributed by atoms with E-state index in [1.54, 1.807) is 16.8 Å². The van der Waals surface area contributed by atoms with Gasteiger partial charge in [-0.25, -0.2) is 4.79 Å². The Morgan fingerprint density at radius 1 is 1.42 bits per heavy atom. The molecule has 0 amide bonds. The number of aromatic amines is 2. The first-order valence-electron chi connectivity index (χ1n) is 5.87. The second kappa shape index (κ2) is 4.34. The fourth-order valence-corrected chi connectivity index (χ4v) is 2.36. The summed E-state index contributed by atoms with van der Waals surface area (Å²) in [4.78, 5) is 27.6. The van der Waals surface area contributed by atoms with E-state index < -0.39 is 29.7 Å². The largest absolute Gasteiger partial charge is 0.394 e. The molecule has 4 N–H and O–H groups in total. The van der Waals surface area contributed by atoms with Crippen molar-refractivity contribution < 1.29 is 14.9 Å². The minimum Gasteiger partial charge on any atom is -0.394 e. The Labute approximate surface area is 106 Å². The first-order chi connectivity index (χ1) is 9.10. The molecule has 0 spiro atoms. The van der Waals surface area contributed by atoms with Gasteiger partial charge in [-0.1, -0.05) is 0 Å². The molecular formula is C11H13N3O5. The van der Waals surface area contributed by atoms with Crippen LogP contribution in [-0.2, 0) is 4.74 Å². The Morgan fingerprint density at radius 3 is 2.89 bits per heavy atom. The van der Waals surface area contributed by atoms with E-state index >= 15 is 0 Å². The molecule has 2 aromatic rings. The molecule has 0 aromatic carbocycles. The summed E-state index contributed by atoms with van der Waals surface area (Å²) >= 11 is 0. The van der Waals surface area contributed by atoms with E-state index in [0.717, 1.165) is 0 Å². The maximum absolute atomic E-state index is 11.6. The van der Waals surface area contributed by atoms with E-state index in [1.165, 1.54) is 0 Å². The van der Waals surface area contributed by atoms with Crippen molar-refractivity contribution in [3.8, 4) is 0 Å². The number of aromatic nitrogens is 3. The third-order valence-corrected chi connectivity index (χ3v) is 3.31. The minimum absolute atomic E-state index is 0.282. The van der Waals surface area contributed by atoms with Gasteiger partial charge >= 0.3 is 5.69 Å². The molecule has 3 heterocycles. The van der Waals surface area contributed by atoms with Crippen LogP contribution in [0.15, 0.2) is 21.9 Å². The van der Waals surface area contributed by atoms with Gasteiger partial charge in [-0.05, 0) is 6.07 Å². The molecule has 19 heavy (non-hydrogen) atoms. The summed E-state index contributed by atoms with van der Waals surface area (Å²) in [7, 11) is 0. The maximum Gasteiger partial charge on any atom is 0.327 e. The van der Waals surface area contributed by atoms with Crippen LogP contribution < -0.4 is 11.2 Å². The van der Waals surface area contributed by atoms with Crippen molar-refractivity contribution in [2.45, 2.75) is 24.9 Å². The van der Waals surface area contributed by atoms with Gasteiger partial charge in [-0.15, -0.1) is 0 Å². The van der Waals surface area contributed by atoms with E-state index in [0.29, 0.717) is 11.0 Å². The predicted molar refractivity (Wildman–Crippen MR) is 64.8 cm³/mol. The van der Waals surface area contributed by atoms with Gasteiger partial charge in [-0.2, -0.15) is 0 Å². The lowest BCUT2D eigenvalue weighted by Crippen LogP contribution is -2.24. The van der Waals surface area contributed by atoms with E-state index in [4.69, 9.17) is 9.84 Å². The van der Waals surface area contributed by atoms with Gasteiger partial charge < -0.3 is 19.5 Å². The van der Waals surface area contributed by atoms with Gasteiger partial charge in [0.05, 0.1) is 18.1 Å². The van der Waals surface area contributed by atoms with Crippen molar-refractivity contribution in [3.63, 3.8) is 0 Å². The van der Waals surface area contributed by atoms with Gasteiger partial charge in [0, 0.05) is 12.6 Å². The standard InChI is InChI=1S/C11H13N3O5/c15-4-7-6(16)3-8(19-7)14-2-1-5-9(14)12-11(18)13-10(5)17/h1-2,6-8,15-16H,3-4H2,(H2,12,13,17,18). The highest BCUT2D eigenvalue weighted by atomic mass is 16.5. The molecule has 102 valence electrons. The van der Waals surface area contributed by atoms with Crippen LogP contribution in [0.2, 0.25) is 0 Å². The number of aliphatic hydroxyl groups excluding tert-OH is 2. The summed E-state index contributed by atoms with van der Waals surface area (Å²) in [5.41, 5.74) is -0.742. The second-order valence-corrected chi connectivity index (χ2v) is 4.51. The highest BCUT2D eigenvalue weighted by molar-refractivity contribution is 5.74. The molecule has 1 aliphatic rings. The van der Waals surface area contributed by atoms with Gasteiger partial charge in [0.25, 0.3) is 5.56 Å². The van der Waals surface area contributed by atoms with Gasteiger partial charge in [0.1, 0.15) is 18.0 Å². The topological polar surface area (TPSA) is 120 Å². The molecule has 3 rings (SSSR count). The number of aliphatic hydroxyl groups is 2. The highest BCUT2D eigenvalue weighted by Crippen LogP contribution is 2.30. The first kappa shape index (κ1) is 12.2. The number of H-pyrrole nitrogens is 2. The van der Waals surface area contributed by atoms with E-state index in [-0.39, 0.29) is 13.0 Å². The second-order valence-electron chi connectivity index (χ2n) is 4.51. The third-order valence-electron chi connectivity index (χ3n) is 3.31. The van der Waals surface area contributed by atoms with Crippen LogP contribution in [0.25, 0.3) is 11.0 Å². The number of hydrogen-bond acceptors (Lipinski definition) is 5. The Morgan fingerprint density at radius 2 is 2.21 bits per heavy atom. The number of hydrogen-bond donors (Lipinski definition) is 4. The van der Waals surface area contributed by atoms with Crippen LogP contribution in [0.3, 0.4) is 0 Å². The van der Waals surface area contributed by atoms with Crippen molar-refractivity contribution in [2.75, 3.05) is 6.61 Å². The zero-order valence-corrected chi connectivity index (χ0v) is 9.87. The van der Waals surface area contributed by atoms with Gasteiger partial charge in [-0.3, -0.25) is 14.8 Å². The van der Waals surface area contributed by atoms with E-state index in [1.807, 2.05) is 0 Å². The number of rotatable bonds is 2. The highest BCUT2D eigenvalue weighted by Gasteiger charge is 2.34. The molecule has 2 aromatic heterocycles. The van der Waals surface area contributed by atoms with Crippen molar-refractivity contribution >= 4 is 11.0 Å². The molecule has 8 heteroatoms. The van der Waals surface area contributed by atoms with Crippen LogP contribution in [-0.4, -0.2) is 43.6 Å². The molecule has 8 nitrogen and oxygen atoms in total. The molecular weight excluding hydrogens is 254 g/mol. The summed E-state index contributed by atoms with van der Waals surface area (Å²) in [5, 5.41) is 19.1. The average molecular weight is 267 g/mol. The minimum atomic E-state index is -0.777. The van der Waals surface area contributed by atoms with E-state index in [9.17, 15) is 14.7 Å². The molecule has 3 unspecified atom stereocenters. The van der Waals surface area contributed by atoms with Gasteiger partial charge in [0.2, 0.25) is 0 Å². The lowest BCUT2D eigenvalue weighted by Gasteiger charge is -2.14. The lowest BCUT2D eigenvalue weighted by atomic mass is 10.2. The Bertz CT molecular complexity index is 715. The molecule has 1 aliphatic heterocycles. The molecule has 0 aliphatic carbocycles. The normalized spacial score (nSPS) is 27.2. The Kier molecular flexibility index (Phi) is 2.77. The Balaban J connectivity index is 2.07. The van der Waals surface area contributed by atoms with Crippen molar-refractivity contribution in [1.82, 2.24) is 14.5 Å². The van der Waals surface area contributed by atoms with Crippen LogP contribution in [0.1, 0.15) is 12.6 Å². The number of nitrogens with one attached hydrogen (secondary N) is 2. The Hall–Kier alpha value is -1.90. The fourth-order valence-electron chi connectivity index (χ4n) is 2.36. The SMILES string of the molecule is O=c1[nH]c(=O)c2ccn(C3CC(O)C(CO)O3)c2[nH]1. The number of ether oxygens (including phenoxy) is 1. The summed E-state index contributed by atoms with van der Waals surface area (Å²) in [6, 6.07) is 1.56. The summed E-state index contributed by atoms with van der Waals surface area (Å²) < 4.78 is 7.06. The molecule has 0 saturated carbocycles. The first-order valence-corrected chi connectivity index (χ1v) is 5.87. The summed E-state index contributed by atoms with van der Waals surface area (Å²) in [6.45, 7) is -0.284. The number of fused-ring (bicyclic) bond motifs is 1. The monoisotopic (exact) mass is 267 g/mol. The molecule has 1 saturated heterocycles. The molecule has 1 fully saturated rings. The van der Waals surface area contributed by atoms with E-state index in [2.05, 4.69) is 9.97 Å².